The summed E-state index contributed by atoms with van der Waals surface area (Å²) in [5.74, 6) is -0.313. The van der Waals surface area contributed by atoms with Gasteiger partial charge in [-0.05, 0) is 42.8 Å². The van der Waals surface area contributed by atoms with Gasteiger partial charge in [-0.3, -0.25) is 4.79 Å². The Bertz CT molecular complexity index is 446. The van der Waals surface area contributed by atoms with Crippen molar-refractivity contribution in [1.82, 2.24) is 4.90 Å². The van der Waals surface area contributed by atoms with Crippen LogP contribution in [-0.4, -0.2) is 36.7 Å². The molecule has 0 bridgehead atoms. The number of nitrogens with one attached hydrogen (secondary N) is 1. The van der Waals surface area contributed by atoms with Crippen LogP contribution < -0.4 is 5.32 Å². The predicted molar refractivity (Wildman–Crippen MR) is 85.9 cm³/mol. The Morgan fingerprint density at radius 3 is 2.55 bits per heavy atom. The number of benzene rings is 1. The number of unbranched alkanes of at least 4 members (excludes halogenated alkanes) is 1. The maximum atomic E-state index is 11.2. The normalized spacial score (nSPS) is 9.95. The molecule has 0 aliphatic heterocycles. The molecule has 20 heavy (non-hydrogen) atoms. The van der Waals surface area contributed by atoms with E-state index >= 15 is 0 Å². The number of hydrogen-bond acceptors (Lipinski definition) is 3. The minimum Gasteiger partial charge on any atom is -0.468 e. The maximum absolute atomic E-state index is 11.2. The Hall–Kier alpha value is -1.62. The molecule has 0 radical (unpaired) electrons. The number of rotatable bonds is 6. The third-order valence-electron chi connectivity index (χ3n) is 2.96. The number of methoxy groups -OCH3 is 1. The van der Waals surface area contributed by atoms with Gasteiger partial charge in [-0.1, -0.05) is 25.5 Å². The molecule has 0 unspecified atom stereocenters. The van der Waals surface area contributed by atoms with Crippen LogP contribution >= 0.6 is 12.2 Å². The highest BCUT2D eigenvalue weighted by Crippen LogP contribution is 2.12. The van der Waals surface area contributed by atoms with Gasteiger partial charge >= 0.3 is 5.97 Å². The summed E-state index contributed by atoms with van der Waals surface area (Å²) in [6.45, 7) is 2.32. The van der Waals surface area contributed by atoms with E-state index in [9.17, 15) is 4.79 Å². The summed E-state index contributed by atoms with van der Waals surface area (Å²) in [7, 11) is 3.11. The molecule has 1 aromatic rings. The lowest BCUT2D eigenvalue weighted by molar-refractivity contribution is -0.140. The zero-order valence-corrected chi connectivity index (χ0v) is 13.1. The third kappa shape index (κ3) is 5.57. The first-order valence-electron chi connectivity index (χ1n) is 6.74. The number of carbonyl (C=O) groups excluding carboxylic acids is 1. The predicted octanol–water partition coefficient (Wildman–Crippen LogP) is 2.83. The molecule has 1 N–H and O–H groups in total. The van der Waals surface area contributed by atoms with E-state index in [0.29, 0.717) is 5.11 Å². The highest BCUT2D eigenvalue weighted by atomic mass is 32.1. The Kier molecular flexibility index (Phi) is 7.01. The molecule has 0 fully saturated rings. The van der Waals surface area contributed by atoms with Crippen LogP contribution in [0.4, 0.5) is 5.69 Å². The van der Waals surface area contributed by atoms with E-state index in [0.717, 1.165) is 12.1 Å². The fraction of sp³-hybridized carbons (Fsp3) is 0.467. The average molecular weight is 294 g/mol. The summed E-state index contributed by atoms with van der Waals surface area (Å²) in [5.41, 5.74) is 2.25. The van der Waals surface area contributed by atoms with Crippen LogP contribution in [0.3, 0.4) is 0 Å². The molecule has 1 rings (SSSR count). The Labute approximate surface area is 126 Å². The van der Waals surface area contributed by atoms with Crippen molar-refractivity contribution in [2.45, 2.75) is 26.2 Å². The van der Waals surface area contributed by atoms with Crippen molar-refractivity contribution in [3.8, 4) is 0 Å². The standard InChI is InChI=1S/C15H22N2O2S/c1-4-5-6-12-7-9-13(10-8-12)16-15(20)17(2)11-14(18)19-3/h7-10H,4-6,11H2,1-3H3,(H,16,20). The lowest BCUT2D eigenvalue weighted by Crippen LogP contribution is -2.35. The molecule has 0 aliphatic rings. The van der Waals surface area contributed by atoms with Gasteiger partial charge in [0, 0.05) is 12.7 Å². The number of anilines is 1. The summed E-state index contributed by atoms with van der Waals surface area (Å²) in [6.07, 6.45) is 3.50. The zero-order valence-electron chi connectivity index (χ0n) is 12.3. The number of ether oxygens (including phenoxy) is 1. The van der Waals surface area contributed by atoms with E-state index in [2.05, 4.69) is 29.1 Å². The van der Waals surface area contributed by atoms with Crippen LogP contribution in [0.1, 0.15) is 25.3 Å². The molecule has 0 saturated heterocycles. The van der Waals surface area contributed by atoms with Crippen molar-refractivity contribution in [2.75, 3.05) is 26.0 Å². The molecule has 0 atom stereocenters. The number of thiocarbonyl (C=S) groups is 1. The van der Waals surface area contributed by atoms with Gasteiger partial charge in [0.05, 0.1) is 7.11 Å². The van der Waals surface area contributed by atoms with Crippen LogP contribution in [0.5, 0.6) is 0 Å². The van der Waals surface area contributed by atoms with Crippen LogP contribution in [0.2, 0.25) is 0 Å². The molecule has 0 amide bonds. The Morgan fingerprint density at radius 2 is 2.00 bits per heavy atom. The highest BCUT2D eigenvalue weighted by Gasteiger charge is 2.09. The second kappa shape index (κ2) is 8.53. The minimum atomic E-state index is -0.313. The molecule has 0 aliphatic carbocycles. The van der Waals surface area contributed by atoms with E-state index in [-0.39, 0.29) is 12.5 Å². The first-order valence-corrected chi connectivity index (χ1v) is 7.15. The van der Waals surface area contributed by atoms with Crippen LogP contribution in [0.15, 0.2) is 24.3 Å². The largest absolute Gasteiger partial charge is 0.468 e. The summed E-state index contributed by atoms with van der Waals surface area (Å²) in [5, 5.41) is 3.60. The van der Waals surface area contributed by atoms with E-state index in [4.69, 9.17) is 12.2 Å². The molecule has 5 heteroatoms. The number of esters is 1. The molecule has 110 valence electrons. The maximum Gasteiger partial charge on any atom is 0.325 e. The number of nitrogens with zero attached hydrogens (tertiary/aromatic N) is 1. The fourth-order valence-corrected chi connectivity index (χ4v) is 1.87. The van der Waals surface area contributed by atoms with Crippen molar-refractivity contribution in [1.29, 1.82) is 0 Å². The van der Waals surface area contributed by atoms with Crippen LogP contribution in [0, 0.1) is 0 Å². The van der Waals surface area contributed by atoms with E-state index in [1.165, 1.54) is 25.5 Å². The first kappa shape index (κ1) is 16.4. The second-order valence-corrected chi connectivity index (χ2v) is 5.05. The van der Waals surface area contributed by atoms with Gasteiger partial charge in [0.1, 0.15) is 6.54 Å². The second-order valence-electron chi connectivity index (χ2n) is 4.66. The van der Waals surface area contributed by atoms with Gasteiger partial charge in [0.2, 0.25) is 0 Å². The van der Waals surface area contributed by atoms with Crippen molar-refractivity contribution >= 4 is 29.0 Å². The lowest BCUT2D eigenvalue weighted by atomic mass is 10.1. The van der Waals surface area contributed by atoms with Gasteiger partial charge in [-0.2, -0.15) is 0 Å². The summed E-state index contributed by atoms with van der Waals surface area (Å²) >= 11 is 5.23. The lowest BCUT2D eigenvalue weighted by Gasteiger charge is -2.19. The van der Waals surface area contributed by atoms with Crippen LogP contribution in [-0.2, 0) is 16.0 Å². The van der Waals surface area contributed by atoms with Gasteiger partial charge in [0.15, 0.2) is 5.11 Å². The zero-order chi connectivity index (χ0) is 15.0. The monoisotopic (exact) mass is 294 g/mol. The minimum absolute atomic E-state index is 0.136. The molecule has 0 spiro atoms. The topological polar surface area (TPSA) is 41.6 Å². The van der Waals surface area contributed by atoms with Gasteiger partial charge in [-0.15, -0.1) is 0 Å². The summed E-state index contributed by atoms with van der Waals surface area (Å²) in [4.78, 5) is 12.8. The van der Waals surface area contributed by atoms with Crippen molar-refractivity contribution in [3.63, 3.8) is 0 Å². The van der Waals surface area contributed by atoms with Crippen molar-refractivity contribution in [2.24, 2.45) is 0 Å². The molecule has 0 saturated carbocycles. The SMILES string of the molecule is CCCCc1ccc(NC(=S)N(C)CC(=O)OC)cc1. The molecule has 0 heterocycles. The molecule has 4 nitrogen and oxygen atoms in total. The Morgan fingerprint density at radius 1 is 1.35 bits per heavy atom. The average Bonchev–Trinajstić information content (AvgIpc) is 2.46. The number of likely N-dealkylation sites (N-methyl/N-ethyl adjacent to an activating group) is 1. The van der Waals surface area contributed by atoms with Gasteiger partial charge in [-0.25, -0.2) is 0 Å². The number of hydrogen-bond donors (Lipinski definition) is 1. The first-order chi connectivity index (χ1) is 9.56. The number of carbonyl (C=O) groups is 1. The summed E-state index contributed by atoms with van der Waals surface area (Å²) < 4.78 is 4.61. The van der Waals surface area contributed by atoms with Crippen molar-refractivity contribution in [3.05, 3.63) is 29.8 Å². The smallest absolute Gasteiger partial charge is 0.325 e. The quantitative estimate of drug-likeness (QED) is 0.645. The van der Waals surface area contributed by atoms with E-state index in [1.54, 1.807) is 11.9 Å². The van der Waals surface area contributed by atoms with Gasteiger partial charge in [0.25, 0.3) is 0 Å². The molecule has 0 aromatic heterocycles. The number of aryl methyl sites for hydroxylation is 1. The van der Waals surface area contributed by atoms with E-state index < -0.39 is 0 Å². The third-order valence-corrected chi connectivity index (χ3v) is 3.38. The van der Waals surface area contributed by atoms with E-state index in [1.807, 2.05) is 12.1 Å². The summed E-state index contributed by atoms with van der Waals surface area (Å²) in [6, 6.07) is 8.20. The van der Waals surface area contributed by atoms with Gasteiger partial charge < -0.3 is 15.0 Å². The van der Waals surface area contributed by atoms with Crippen LogP contribution in [0.25, 0.3) is 0 Å². The fourth-order valence-electron chi connectivity index (χ4n) is 1.68. The molecular formula is C15H22N2O2S. The van der Waals surface area contributed by atoms with Crippen molar-refractivity contribution < 1.29 is 9.53 Å². The Balaban J connectivity index is 2.51. The molecule has 1 aromatic carbocycles. The highest BCUT2D eigenvalue weighted by molar-refractivity contribution is 7.80. The molecular weight excluding hydrogens is 272 g/mol.